The van der Waals surface area contributed by atoms with Crippen LogP contribution in [0, 0.1) is 0 Å². The molecule has 23 heavy (non-hydrogen) atoms. The van der Waals surface area contributed by atoms with Gasteiger partial charge in [-0.15, -0.1) is 0 Å². The second-order valence-electron chi connectivity index (χ2n) is 4.94. The van der Waals surface area contributed by atoms with Crippen molar-refractivity contribution >= 4 is 21.6 Å². The molecule has 1 atom stereocenters. The van der Waals surface area contributed by atoms with Gasteiger partial charge in [-0.25, -0.2) is 13.1 Å². The topological polar surface area (TPSA) is 59.3 Å². The van der Waals surface area contributed by atoms with Gasteiger partial charge >= 0.3 is 6.18 Å². The predicted octanol–water partition coefficient (Wildman–Crippen LogP) is 3.86. The first-order chi connectivity index (χ1) is 10.6. The second kappa shape index (κ2) is 6.54. The van der Waals surface area contributed by atoms with Crippen LogP contribution in [-0.2, 0) is 22.6 Å². The van der Waals surface area contributed by atoms with Gasteiger partial charge in [0.1, 0.15) is 5.76 Å². The van der Waals surface area contributed by atoms with Crippen molar-refractivity contribution in [2.75, 3.05) is 0 Å². The first kappa shape index (κ1) is 17.8. The van der Waals surface area contributed by atoms with E-state index in [1.54, 1.807) is 12.1 Å². The van der Waals surface area contributed by atoms with Crippen molar-refractivity contribution in [3.63, 3.8) is 0 Å². The van der Waals surface area contributed by atoms with Crippen LogP contribution in [0.2, 0.25) is 5.02 Å². The Kier molecular flexibility index (Phi) is 5.07. The molecule has 0 amide bonds. The number of rotatable bonds is 5. The number of benzene rings is 1. The highest BCUT2D eigenvalue weighted by molar-refractivity contribution is 7.89. The predicted molar refractivity (Wildman–Crippen MR) is 78.6 cm³/mol. The van der Waals surface area contributed by atoms with Crippen LogP contribution in [0.3, 0.4) is 0 Å². The maximum atomic E-state index is 13.0. The summed E-state index contributed by atoms with van der Waals surface area (Å²) in [5, 5.41) is -0.0999. The number of hydrogen-bond acceptors (Lipinski definition) is 3. The van der Waals surface area contributed by atoms with E-state index in [0.29, 0.717) is 11.8 Å². The minimum absolute atomic E-state index is 0.0999. The lowest BCUT2D eigenvalue weighted by atomic mass is 10.2. The third-order valence-corrected chi connectivity index (χ3v) is 4.85. The highest BCUT2D eigenvalue weighted by Gasteiger charge is 2.37. The normalized spacial score (nSPS) is 14.0. The maximum absolute atomic E-state index is 13.0. The molecule has 1 aromatic carbocycles. The molecular formula is C14H13ClF3NO3S. The molecule has 0 radical (unpaired) electrons. The average molecular weight is 368 g/mol. The lowest BCUT2D eigenvalue weighted by molar-refractivity contribution is -0.139. The molecule has 9 heteroatoms. The standard InChI is InChI=1S/C14H13ClF3NO3S/c1-9(7-11-3-2-6-22-11)19-23(20,21)13-8-10(15)4-5-12(13)14(16,17)18/h2-6,8-9,19H,7H2,1H3. The fraction of sp³-hybridized carbons (Fsp3) is 0.286. The van der Waals surface area contributed by atoms with Crippen LogP contribution >= 0.6 is 11.6 Å². The van der Waals surface area contributed by atoms with Gasteiger partial charge in [0.2, 0.25) is 10.0 Å². The molecule has 0 saturated carbocycles. The Hall–Kier alpha value is -1.51. The zero-order valence-corrected chi connectivity index (χ0v) is 13.5. The molecule has 0 saturated heterocycles. The van der Waals surface area contributed by atoms with Crippen LogP contribution in [0.4, 0.5) is 13.2 Å². The Morgan fingerprint density at radius 2 is 2.00 bits per heavy atom. The fourth-order valence-electron chi connectivity index (χ4n) is 2.05. The molecule has 1 aromatic heterocycles. The molecule has 126 valence electrons. The van der Waals surface area contributed by atoms with Crippen molar-refractivity contribution < 1.29 is 26.0 Å². The average Bonchev–Trinajstić information content (AvgIpc) is 2.89. The van der Waals surface area contributed by atoms with E-state index < -0.39 is 32.7 Å². The van der Waals surface area contributed by atoms with Crippen LogP contribution in [0.25, 0.3) is 0 Å². The molecule has 4 nitrogen and oxygen atoms in total. The number of halogens is 4. The van der Waals surface area contributed by atoms with Crippen molar-refractivity contribution in [1.29, 1.82) is 0 Å². The summed E-state index contributed by atoms with van der Waals surface area (Å²) in [5.41, 5.74) is -1.26. The summed E-state index contributed by atoms with van der Waals surface area (Å²) in [6.07, 6.45) is -3.18. The molecule has 0 fully saturated rings. The molecular weight excluding hydrogens is 355 g/mol. The summed E-state index contributed by atoms with van der Waals surface area (Å²) in [5.74, 6) is 0.516. The van der Waals surface area contributed by atoms with Crippen molar-refractivity contribution in [2.24, 2.45) is 0 Å². The Labute approximate surface area is 136 Å². The molecule has 0 aliphatic rings. The van der Waals surface area contributed by atoms with Gasteiger partial charge in [0.25, 0.3) is 0 Å². The molecule has 1 N–H and O–H groups in total. The van der Waals surface area contributed by atoms with Gasteiger partial charge in [-0.2, -0.15) is 13.2 Å². The Bertz CT molecular complexity index is 773. The molecule has 2 rings (SSSR count). The highest BCUT2D eigenvalue weighted by Crippen LogP contribution is 2.35. The minimum Gasteiger partial charge on any atom is -0.469 e. The summed E-state index contributed by atoms with van der Waals surface area (Å²) in [7, 11) is -4.40. The first-order valence-corrected chi connectivity index (χ1v) is 8.37. The summed E-state index contributed by atoms with van der Waals surface area (Å²) in [4.78, 5) is -0.899. The van der Waals surface area contributed by atoms with Crippen LogP contribution < -0.4 is 4.72 Å². The summed E-state index contributed by atoms with van der Waals surface area (Å²) < 4.78 is 70.9. The van der Waals surface area contributed by atoms with Gasteiger partial charge < -0.3 is 4.42 Å². The molecule has 1 unspecified atom stereocenters. The van der Waals surface area contributed by atoms with Gasteiger partial charge in [-0.3, -0.25) is 0 Å². The SMILES string of the molecule is CC(Cc1ccco1)NS(=O)(=O)c1cc(Cl)ccc1C(F)(F)F. The third-order valence-electron chi connectivity index (χ3n) is 2.98. The smallest absolute Gasteiger partial charge is 0.417 e. The van der Waals surface area contributed by atoms with Crippen LogP contribution in [0.5, 0.6) is 0 Å². The largest absolute Gasteiger partial charge is 0.469 e. The fourth-order valence-corrected chi connectivity index (χ4v) is 3.79. The molecule has 1 heterocycles. The second-order valence-corrected chi connectivity index (χ2v) is 7.06. The quantitative estimate of drug-likeness (QED) is 0.873. The summed E-state index contributed by atoms with van der Waals surface area (Å²) in [6, 6.07) is 5.04. The maximum Gasteiger partial charge on any atom is 0.417 e. The number of hydrogen-bond donors (Lipinski definition) is 1. The summed E-state index contributed by atoms with van der Waals surface area (Å²) >= 11 is 5.65. The summed E-state index contributed by atoms with van der Waals surface area (Å²) in [6.45, 7) is 1.53. The van der Waals surface area contributed by atoms with E-state index in [9.17, 15) is 21.6 Å². The number of furan rings is 1. The highest BCUT2D eigenvalue weighted by atomic mass is 35.5. The van der Waals surface area contributed by atoms with E-state index in [0.717, 1.165) is 12.1 Å². The monoisotopic (exact) mass is 367 g/mol. The van der Waals surface area contributed by atoms with Crippen LogP contribution in [0.15, 0.2) is 45.9 Å². The molecule has 0 bridgehead atoms. The minimum atomic E-state index is -4.81. The van der Waals surface area contributed by atoms with Gasteiger partial charge in [0.05, 0.1) is 16.7 Å². The van der Waals surface area contributed by atoms with Gasteiger partial charge in [-0.1, -0.05) is 11.6 Å². The van der Waals surface area contributed by atoms with Crippen LogP contribution in [-0.4, -0.2) is 14.5 Å². The lowest BCUT2D eigenvalue weighted by Crippen LogP contribution is -2.35. The Balaban J connectivity index is 2.30. The van der Waals surface area contributed by atoms with Gasteiger partial charge in [-0.05, 0) is 37.3 Å². The zero-order valence-electron chi connectivity index (χ0n) is 11.9. The molecule has 0 aliphatic heterocycles. The Morgan fingerprint density at radius 3 is 2.57 bits per heavy atom. The van der Waals surface area contributed by atoms with E-state index >= 15 is 0 Å². The molecule has 0 spiro atoms. The van der Waals surface area contributed by atoms with E-state index in [1.807, 2.05) is 0 Å². The molecule has 0 aliphatic carbocycles. The number of nitrogens with one attached hydrogen (secondary N) is 1. The van der Waals surface area contributed by atoms with Crippen molar-refractivity contribution in [3.8, 4) is 0 Å². The van der Waals surface area contributed by atoms with E-state index in [2.05, 4.69) is 4.72 Å². The Morgan fingerprint density at radius 1 is 1.30 bits per heavy atom. The number of alkyl halides is 3. The van der Waals surface area contributed by atoms with Gasteiger partial charge in [0.15, 0.2) is 0 Å². The first-order valence-electron chi connectivity index (χ1n) is 6.51. The molecule has 2 aromatic rings. The van der Waals surface area contributed by atoms with Crippen LogP contribution in [0.1, 0.15) is 18.2 Å². The van der Waals surface area contributed by atoms with E-state index in [-0.39, 0.29) is 11.4 Å². The third kappa shape index (κ3) is 4.49. The van der Waals surface area contributed by atoms with Gasteiger partial charge in [0, 0.05) is 17.5 Å². The van der Waals surface area contributed by atoms with Crippen molar-refractivity contribution in [2.45, 2.75) is 30.5 Å². The van der Waals surface area contributed by atoms with E-state index in [1.165, 1.54) is 13.2 Å². The van der Waals surface area contributed by atoms with Crippen molar-refractivity contribution in [3.05, 3.63) is 52.9 Å². The zero-order chi connectivity index (χ0) is 17.3. The number of sulfonamides is 1. The lowest BCUT2D eigenvalue weighted by Gasteiger charge is -2.17. The van der Waals surface area contributed by atoms with Crippen molar-refractivity contribution in [1.82, 2.24) is 4.72 Å². The van der Waals surface area contributed by atoms with E-state index in [4.69, 9.17) is 16.0 Å².